The van der Waals surface area contributed by atoms with Crippen molar-refractivity contribution in [3.05, 3.63) is 23.8 Å². The third kappa shape index (κ3) is 4.13. The van der Waals surface area contributed by atoms with Gasteiger partial charge in [0, 0.05) is 12.6 Å². The Kier molecular flexibility index (Phi) is 5.52. The van der Waals surface area contributed by atoms with Crippen molar-refractivity contribution < 1.29 is 9.47 Å². The quantitative estimate of drug-likeness (QED) is 0.766. The second-order valence-corrected chi connectivity index (χ2v) is 5.16. The maximum absolute atomic E-state index is 6.04. The Bertz CT molecular complexity index is 392. The Balaban J connectivity index is 1.80. The van der Waals surface area contributed by atoms with Crippen LogP contribution in [0.4, 0.5) is 0 Å². The molecule has 0 amide bonds. The Morgan fingerprint density at radius 3 is 3.05 bits per heavy atom. The second-order valence-electron chi connectivity index (χ2n) is 5.16. The minimum Gasteiger partial charge on any atom is -0.497 e. The number of hydrogen-bond donors (Lipinski definition) is 1. The van der Waals surface area contributed by atoms with Crippen LogP contribution < -0.4 is 14.8 Å². The van der Waals surface area contributed by atoms with Gasteiger partial charge in [-0.1, -0.05) is 25.8 Å². The molecule has 106 valence electrons. The lowest BCUT2D eigenvalue weighted by molar-refractivity contribution is 0.170. The van der Waals surface area contributed by atoms with E-state index in [9.17, 15) is 0 Å². The molecule has 0 saturated carbocycles. The molecule has 1 heterocycles. The summed E-state index contributed by atoms with van der Waals surface area (Å²) in [4.78, 5) is 0. The van der Waals surface area contributed by atoms with Gasteiger partial charge in [-0.05, 0) is 37.4 Å². The van der Waals surface area contributed by atoms with E-state index in [1.54, 1.807) is 7.11 Å². The molecule has 0 aromatic heterocycles. The Hall–Kier alpha value is -1.22. The van der Waals surface area contributed by atoms with Crippen LogP contribution in [0.3, 0.4) is 0 Å². The SMILES string of the molecule is CCCCCNC[C@H]1CCc2ccc(OC)cc2O1. The van der Waals surface area contributed by atoms with Gasteiger partial charge in [0.1, 0.15) is 17.6 Å². The number of unbranched alkanes of at least 4 members (excludes halogenated alkanes) is 2. The van der Waals surface area contributed by atoms with Crippen LogP contribution in [0.15, 0.2) is 18.2 Å². The molecule has 3 nitrogen and oxygen atoms in total. The summed E-state index contributed by atoms with van der Waals surface area (Å²) in [5.41, 5.74) is 1.29. The van der Waals surface area contributed by atoms with Gasteiger partial charge in [-0.2, -0.15) is 0 Å². The van der Waals surface area contributed by atoms with Crippen molar-refractivity contribution in [3.8, 4) is 11.5 Å². The van der Waals surface area contributed by atoms with Gasteiger partial charge in [-0.25, -0.2) is 0 Å². The minimum absolute atomic E-state index is 0.293. The van der Waals surface area contributed by atoms with E-state index in [1.807, 2.05) is 12.1 Å². The van der Waals surface area contributed by atoms with Crippen molar-refractivity contribution in [3.63, 3.8) is 0 Å². The second kappa shape index (κ2) is 7.39. The molecule has 2 rings (SSSR count). The maximum Gasteiger partial charge on any atom is 0.126 e. The molecule has 1 aromatic carbocycles. The van der Waals surface area contributed by atoms with Crippen molar-refractivity contribution in [1.82, 2.24) is 5.32 Å². The Morgan fingerprint density at radius 1 is 1.37 bits per heavy atom. The summed E-state index contributed by atoms with van der Waals surface area (Å²) in [7, 11) is 1.69. The molecule has 1 atom stereocenters. The summed E-state index contributed by atoms with van der Waals surface area (Å²) < 4.78 is 11.3. The van der Waals surface area contributed by atoms with Gasteiger partial charge in [0.05, 0.1) is 7.11 Å². The number of methoxy groups -OCH3 is 1. The van der Waals surface area contributed by atoms with E-state index in [-0.39, 0.29) is 0 Å². The van der Waals surface area contributed by atoms with Crippen LogP contribution in [-0.2, 0) is 6.42 Å². The fourth-order valence-corrected chi connectivity index (χ4v) is 2.44. The van der Waals surface area contributed by atoms with Gasteiger partial charge in [0.15, 0.2) is 0 Å². The van der Waals surface area contributed by atoms with Gasteiger partial charge in [-0.15, -0.1) is 0 Å². The standard InChI is InChI=1S/C16H25NO2/c1-3-4-5-10-17-12-15-9-7-13-6-8-14(18-2)11-16(13)19-15/h6,8,11,15,17H,3-5,7,9-10,12H2,1-2H3/t15-/m1/s1. The first kappa shape index (κ1) is 14.2. The zero-order valence-electron chi connectivity index (χ0n) is 12.1. The van der Waals surface area contributed by atoms with Crippen molar-refractivity contribution in [2.45, 2.75) is 45.1 Å². The maximum atomic E-state index is 6.04. The van der Waals surface area contributed by atoms with Crippen molar-refractivity contribution in [1.29, 1.82) is 0 Å². The molecule has 0 bridgehead atoms. The van der Waals surface area contributed by atoms with Crippen LogP contribution in [0.1, 0.15) is 38.2 Å². The van der Waals surface area contributed by atoms with Gasteiger partial charge in [-0.3, -0.25) is 0 Å². The minimum atomic E-state index is 0.293. The van der Waals surface area contributed by atoms with E-state index >= 15 is 0 Å². The fourth-order valence-electron chi connectivity index (χ4n) is 2.44. The van der Waals surface area contributed by atoms with Crippen LogP contribution in [-0.4, -0.2) is 26.3 Å². The molecule has 1 aliphatic heterocycles. The molecule has 1 aliphatic rings. The predicted molar refractivity (Wildman–Crippen MR) is 78.1 cm³/mol. The summed E-state index contributed by atoms with van der Waals surface area (Å²) >= 11 is 0. The first-order valence-electron chi connectivity index (χ1n) is 7.37. The van der Waals surface area contributed by atoms with E-state index in [4.69, 9.17) is 9.47 Å². The van der Waals surface area contributed by atoms with Crippen LogP contribution in [0.5, 0.6) is 11.5 Å². The van der Waals surface area contributed by atoms with Gasteiger partial charge < -0.3 is 14.8 Å². The molecular formula is C16H25NO2. The number of benzene rings is 1. The molecule has 3 heteroatoms. The molecule has 0 spiro atoms. The number of aryl methyl sites for hydroxylation is 1. The lowest BCUT2D eigenvalue weighted by atomic mass is 10.0. The van der Waals surface area contributed by atoms with Crippen molar-refractivity contribution >= 4 is 0 Å². The third-order valence-corrected chi connectivity index (χ3v) is 3.63. The fraction of sp³-hybridized carbons (Fsp3) is 0.625. The summed E-state index contributed by atoms with van der Waals surface area (Å²) in [6, 6.07) is 6.11. The molecule has 1 aromatic rings. The van der Waals surface area contributed by atoms with Gasteiger partial charge in [0.2, 0.25) is 0 Å². The predicted octanol–water partition coefficient (Wildman–Crippen LogP) is 3.17. The zero-order chi connectivity index (χ0) is 13.5. The normalized spacial score (nSPS) is 17.7. The smallest absolute Gasteiger partial charge is 0.126 e. The number of hydrogen-bond acceptors (Lipinski definition) is 3. The van der Waals surface area contributed by atoms with Gasteiger partial charge in [0.25, 0.3) is 0 Å². The van der Waals surface area contributed by atoms with E-state index in [0.29, 0.717) is 6.10 Å². The van der Waals surface area contributed by atoms with Gasteiger partial charge >= 0.3 is 0 Å². The molecule has 0 aliphatic carbocycles. The van der Waals surface area contributed by atoms with E-state index in [1.165, 1.54) is 24.8 Å². The molecule has 19 heavy (non-hydrogen) atoms. The number of nitrogens with one attached hydrogen (secondary N) is 1. The largest absolute Gasteiger partial charge is 0.497 e. The lowest BCUT2D eigenvalue weighted by Gasteiger charge is -2.26. The van der Waals surface area contributed by atoms with E-state index < -0.39 is 0 Å². The topological polar surface area (TPSA) is 30.5 Å². The number of rotatable bonds is 7. The van der Waals surface area contributed by atoms with Crippen molar-refractivity contribution in [2.24, 2.45) is 0 Å². The summed E-state index contributed by atoms with van der Waals surface area (Å²) in [5.74, 6) is 1.86. The van der Waals surface area contributed by atoms with E-state index in [0.717, 1.165) is 37.4 Å². The zero-order valence-corrected chi connectivity index (χ0v) is 12.1. The first-order chi connectivity index (χ1) is 9.33. The highest BCUT2D eigenvalue weighted by atomic mass is 16.5. The number of fused-ring (bicyclic) bond motifs is 1. The van der Waals surface area contributed by atoms with Crippen LogP contribution in [0.2, 0.25) is 0 Å². The monoisotopic (exact) mass is 263 g/mol. The van der Waals surface area contributed by atoms with Crippen LogP contribution in [0, 0.1) is 0 Å². The highest BCUT2D eigenvalue weighted by Gasteiger charge is 2.19. The molecule has 0 saturated heterocycles. The number of ether oxygens (including phenoxy) is 2. The van der Waals surface area contributed by atoms with Crippen LogP contribution >= 0.6 is 0 Å². The summed E-state index contributed by atoms with van der Waals surface area (Å²) in [6.45, 7) is 4.27. The first-order valence-corrected chi connectivity index (χ1v) is 7.37. The van der Waals surface area contributed by atoms with Crippen LogP contribution in [0.25, 0.3) is 0 Å². The molecule has 1 N–H and O–H groups in total. The molecular weight excluding hydrogens is 238 g/mol. The highest BCUT2D eigenvalue weighted by molar-refractivity contribution is 5.42. The average molecular weight is 263 g/mol. The van der Waals surface area contributed by atoms with Crippen molar-refractivity contribution in [2.75, 3.05) is 20.2 Å². The van der Waals surface area contributed by atoms with E-state index in [2.05, 4.69) is 18.3 Å². The molecule has 0 radical (unpaired) electrons. The Labute approximate surface area is 116 Å². The average Bonchev–Trinajstić information content (AvgIpc) is 2.46. The summed E-state index contributed by atoms with van der Waals surface area (Å²) in [6.07, 6.45) is 6.32. The third-order valence-electron chi connectivity index (χ3n) is 3.63. The lowest BCUT2D eigenvalue weighted by Crippen LogP contribution is -2.34. The summed E-state index contributed by atoms with van der Waals surface area (Å²) in [5, 5.41) is 3.49. The highest BCUT2D eigenvalue weighted by Crippen LogP contribution is 2.31. The Morgan fingerprint density at radius 2 is 2.26 bits per heavy atom. The molecule has 0 fully saturated rings. The molecule has 0 unspecified atom stereocenters.